The van der Waals surface area contributed by atoms with Crippen LogP contribution in [0, 0.1) is 5.92 Å². The predicted octanol–water partition coefficient (Wildman–Crippen LogP) is 1.75. The van der Waals surface area contributed by atoms with Crippen LogP contribution >= 0.6 is 0 Å². The number of ketones is 1. The highest BCUT2D eigenvalue weighted by molar-refractivity contribution is 5.85. The second-order valence-electron chi connectivity index (χ2n) is 9.48. The molecule has 11 heteroatoms. The van der Waals surface area contributed by atoms with E-state index >= 15 is 0 Å². The molecule has 3 unspecified atom stereocenters. The summed E-state index contributed by atoms with van der Waals surface area (Å²) in [6, 6.07) is -0.468. The molecule has 0 spiro atoms. The van der Waals surface area contributed by atoms with Crippen molar-refractivity contribution in [2.45, 2.75) is 63.0 Å². The molecule has 0 amide bonds. The third-order valence-corrected chi connectivity index (χ3v) is 7.23. The number of morpholine rings is 1. The molecule has 32 heavy (non-hydrogen) atoms. The van der Waals surface area contributed by atoms with Crippen LogP contribution in [0.5, 0.6) is 0 Å². The number of fused-ring (bicyclic) bond motifs is 3. The third kappa shape index (κ3) is 3.68. The number of alkyl halides is 3. The van der Waals surface area contributed by atoms with Crippen molar-refractivity contribution in [3.63, 3.8) is 0 Å². The van der Waals surface area contributed by atoms with Gasteiger partial charge in [-0.1, -0.05) is 0 Å². The molecule has 0 aliphatic carbocycles. The Morgan fingerprint density at radius 1 is 1.28 bits per heavy atom. The highest BCUT2D eigenvalue weighted by Gasteiger charge is 2.51. The van der Waals surface area contributed by atoms with Crippen LogP contribution in [0.15, 0.2) is 10.9 Å². The first-order valence-corrected chi connectivity index (χ1v) is 11.1. The van der Waals surface area contributed by atoms with E-state index in [9.17, 15) is 22.8 Å². The van der Waals surface area contributed by atoms with Gasteiger partial charge in [0.1, 0.15) is 11.9 Å². The number of aromatic nitrogens is 2. The summed E-state index contributed by atoms with van der Waals surface area (Å²) in [5, 5.41) is 0. The van der Waals surface area contributed by atoms with Crippen LogP contribution in [0.4, 0.5) is 24.9 Å². The summed E-state index contributed by atoms with van der Waals surface area (Å²) < 4.78 is 54.1. The van der Waals surface area contributed by atoms with Gasteiger partial charge >= 0.3 is 6.18 Å². The van der Waals surface area contributed by atoms with Crippen LogP contribution in [0.1, 0.15) is 32.6 Å². The molecule has 4 aliphatic rings. The number of carbonyl (C=O) groups is 1. The van der Waals surface area contributed by atoms with Crippen molar-refractivity contribution in [1.29, 1.82) is 0 Å². The Morgan fingerprint density at radius 2 is 2.03 bits per heavy atom. The molecule has 0 N–H and O–H groups in total. The highest BCUT2D eigenvalue weighted by atomic mass is 19.4. The average Bonchev–Trinajstić information content (AvgIpc) is 3.29. The SMILES string of the molecule is CC12COC(CN1c1cc(=O)n3c(n1)N(CC(=O)C1CCOCC1)C(C(F)(F)F)CC3)C2. The van der Waals surface area contributed by atoms with Crippen LogP contribution in [-0.2, 0) is 20.8 Å². The van der Waals surface area contributed by atoms with Crippen molar-refractivity contribution < 1.29 is 27.4 Å². The van der Waals surface area contributed by atoms with Crippen molar-refractivity contribution >= 4 is 17.5 Å². The fourth-order valence-corrected chi connectivity index (χ4v) is 5.44. The fourth-order valence-electron chi connectivity index (χ4n) is 5.44. The summed E-state index contributed by atoms with van der Waals surface area (Å²) in [6.07, 6.45) is -3.04. The third-order valence-electron chi connectivity index (χ3n) is 7.23. The van der Waals surface area contributed by atoms with Gasteiger partial charge in [0.2, 0.25) is 5.95 Å². The minimum absolute atomic E-state index is 0.0229. The van der Waals surface area contributed by atoms with Gasteiger partial charge in [-0.15, -0.1) is 0 Å². The van der Waals surface area contributed by atoms with Gasteiger partial charge in [0.05, 0.1) is 24.8 Å². The zero-order chi connectivity index (χ0) is 22.7. The van der Waals surface area contributed by atoms with Crippen molar-refractivity contribution in [2.75, 3.05) is 42.7 Å². The molecule has 0 radical (unpaired) electrons. The number of hydrogen-bond acceptors (Lipinski definition) is 7. The summed E-state index contributed by atoms with van der Waals surface area (Å²) in [5.74, 6) is -0.334. The normalized spacial score (nSPS) is 30.6. The molecule has 3 atom stereocenters. The maximum absolute atomic E-state index is 13.9. The number of rotatable bonds is 4. The lowest BCUT2D eigenvalue weighted by Gasteiger charge is -2.41. The van der Waals surface area contributed by atoms with E-state index in [0.29, 0.717) is 45.0 Å². The molecule has 5 heterocycles. The number of halogens is 3. The Hall–Kier alpha value is -2.14. The van der Waals surface area contributed by atoms with Crippen molar-refractivity contribution in [1.82, 2.24) is 9.55 Å². The van der Waals surface area contributed by atoms with E-state index in [0.717, 1.165) is 11.3 Å². The Kier molecular flexibility index (Phi) is 5.23. The minimum atomic E-state index is -4.54. The fraction of sp³-hybridized carbons (Fsp3) is 0.762. The first-order chi connectivity index (χ1) is 15.2. The first kappa shape index (κ1) is 21.7. The van der Waals surface area contributed by atoms with Crippen molar-refractivity contribution in [3.8, 4) is 0 Å². The molecular formula is C21H27F3N4O4. The molecule has 0 aromatic carbocycles. The summed E-state index contributed by atoms with van der Waals surface area (Å²) in [5.41, 5.74) is -0.745. The number of nitrogens with zero attached hydrogens (tertiary/aromatic N) is 4. The van der Waals surface area contributed by atoms with Gasteiger partial charge in [-0.3, -0.25) is 14.2 Å². The van der Waals surface area contributed by atoms with Crippen LogP contribution < -0.4 is 15.4 Å². The van der Waals surface area contributed by atoms with E-state index in [2.05, 4.69) is 4.98 Å². The first-order valence-electron chi connectivity index (χ1n) is 11.1. The monoisotopic (exact) mass is 456 g/mol. The second-order valence-corrected chi connectivity index (χ2v) is 9.48. The van der Waals surface area contributed by atoms with Crippen LogP contribution in [0.2, 0.25) is 0 Å². The van der Waals surface area contributed by atoms with Crippen molar-refractivity contribution in [3.05, 3.63) is 16.4 Å². The Bertz CT molecular complexity index is 961. The van der Waals surface area contributed by atoms with Gasteiger partial charge in [-0.05, 0) is 26.2 Å². The maximum Gasteiger partial charge on any atom is 0.408 e. The molecule has 4 aliphatic heterocycles. The second kappa shape index (κ2) is 7.72. The van der Waals surface area contributed by atoms with Gasteiger partial charge in [0.25, 0.3) is 5.56 Å². The summed E-state index contributed by atoms with van der Waals surface area (Å²) in [4.78, 5) is 33.3. The predicted molar refractivity (Wildman–Crippen MR) is 109 cm³/mol. The lowest BCUT2D eigenvalue weighted by atomic mass is 9.94. The van der Waals surface area contributed by atoms with Crippen LogP contribution in [0.25, 0.3) is 0 Å². The number of carbonyl (C=O) groups excluding carboxylic acids is 1. The van der Waals surface area contributed by atoms with Crippen LogP contribution in [-0.4, -0.2) is 72.1 Å². The zero-order valence-electron chi connectivity index (χ0n) is 17.9. The Balaban J connectivity index is 1.51. The highest BCUT2D eigenvalue weighted by Crippen LogP contribution is 2.41. The number of Topliss-reactive ketones (excluding diaryl/α,β-unsaturated/α-hetero) is 1. The van der Waals surface area contributed by atoms with E-state index < -0.39 is 24.3 Å². The summed E-state index contributed by atoms with van der Waals surface area (Å²) in [6.45, 7) is 3.36. The lowest BCUT2D eigenvalue weighted by Crippen LogP contribution is -2.55. The summed E-state index contributed by atoms with van der Waals surface area (Å²) >= 11 is 0. The Labute approximate surface area is 183 Å². The molecule has 8 nitrogen and oxygen atoms in total. The van der Waals surface area contributed by atoms with E-state index in [1.54, 1.807) is 0 Å². The topological polar surface area (TPSA) is 76.9 Å². The molecule has 0 saturated carbocycles. The quantitative estimate of drug-likeness (QED) is 0.683. The Morgan fingerprint density at radius 3 is 2.66 bits per heavy atom. The van der Waals surface area contributed by atoms with Gasteiger partial charge in [0, 0.05) is 44.7 Å². The van der Waals surface area contributed by atoms with Gasteiger partial charge in [-0.2, -0.15) is 18.2 Å². The largest absolute Gasteiger partial charge is 0.408 e. The van der Waals surface area contributed by atoms with E-state index in [1.807, 2.05) is 11.8 Å². The number of ether oxygens (including phenoxy) is 2. The molecule has 5 rings (SSSR count). The molecular weight excluding hydrogens is 429 g/mol. The molecule has 3 fully saturated rings. The molecule has 3 saturated heterocycles. The van der Waals surface area contributed by atoms with Gasteiger partial charge < -0.3 is 19.3 Å². The number of hydrogen-bond donors (Lipinski definition) is 0. The van der Waals surface area contributed by atoms with Crippen molar-refractivity contribution in [2.24, 2.45) is 5.92 Å². The van der Waals surface area contributed by atoms with E-state index in [-0.39, 0.29) is 42.3 Å². The van der Waals surface area contributed by atoms with Gasteiger partial charge in [-0.25, -0.2) is 0 Å². The molecule has 1 aromatic heterocycles. The smallest absolute Gasteiger partial charge is 0.381 e. The zero-order valence-corrected chi connectivity index (χ0v) is 17.9. The maximum atomic E-state index is 13.9. The standard InChI is InChI=1S/C21H27F3N4O4/c1-20-9-14(32-12-20)10-28(20)17-8-18(30)26-5-2-16(21(22,23)24)27(19(26)25-17)11-15(29)13-3-6-31-7-4-13/h8,13-14,16H,2-7,9-12H2,1H3. The lowest BCUT2D eigenvalue weighted by molar-refractivity contribution is -0.153. The van der Waals surface area contributed by atoms with Gasteiger partial charge in [0.15, 0.2) is 5.78 Å². The van der Waals surface area contributed by atoms with Crippen LogP contribution in [0.3, 0.4) is 0 Å². The van der Waals surface area contributed by atoms with E-state index in [4.69, 9.17) is 9.47 Å². The summed E-state index contributed by atoms with van der Waals surface area (Å²) in [7, 11) is 0. The number of anilines is 2. The minimum Gasteiger partial charge on any atom is -0.381 e. The molecule has 176 valence electrons. The molecule has 1 aromatic rings. The van der Waals surface area contributed by atoms with E-state index in [1.165, 1.54) is 10.6 Å². The molecule has 2 bridgehead atoms. The average molecular weight is 456 g/mol.